The maximum atomic E-state index is 12.0. The molecule has 2 rings (SSSR count). The Bertz CT molecular complexity index is 632. The lowest BCUT2D eigenvalue weighted by Gasteiger charge is -2.17. The number of hydrogen-bond donors (Lipinski definition) is 1. The zero-order valence-corrected chi connectivity index (χ0v) is 12.5. The second-order valence-corrected chi connectivity index (χ2v) is 4.82. The van der Waals surface area contributed by atoms with Gasteiger partial charge in [-0.05, 0) is 20.8 Å². The SMILES string of the molecule is CCOC(=O)c1nnn(C(C)C(C)O)c1-c1cncn1C. The number of aromatic nitrogens is 5. The van der Waals surface area contributed by atoms with Crippen molar-refractivity contribution in [1.82, 2.24) is 24.5 Å². The van der Waals surface area contributed by atoms with Crippen molar-refractivity contribution >= 4 is 5.97 Å². The fourth-order valence-corrected chi connectivity index (χ4v) is 1.94. The highest BCUT2D eigenvalue weighted by atomic mass is 16.5. The average Bonchev–Trinajstić information content (AvgIpc) is 3.03. The number of esters is 1. The van der Waals surface area contributed by atoms with E-state index in [1.807, 2.05) is 7.05 Å². The third-order valence-corrected chi connectivity index (χ3v) is 3.31. The largest absolute Gasteiger partial charge is 0.461 e. The summed E-state index contributed by atoms with van der Waals surface area (Å²) in [6, 6.07) is -0.342. The first-order valence-electron chi connectivity index (χ1n) is 6.74. The van der Waals surface area contributed by atoms with Gasteiger partial charge in [0.2, 0.25) is 0 Å². The molecule has 21 heavy (non-hydrogen) atoms. The van der Waals surface area contributed by atoms with Crippen molar-refractivity contribution in [3.05, 3.63) is 18.2 Å². The van der Waals surface area contributed by atoms with Crippen LogP contribution in [0.1, 0.15) is 37.3 Å². The number of carbonyl (C=O) groups is 1. The second kappa shape index (κ2) is 6.04. The number of nitrogens with zero attached hydrogens (tertiary/aromatic N) is 5. The molecule has 2 aromatic heterocycles. The van der Waals surface area contributed by atoms with E-state index in [4.69, 9.17) is 4.74 Å². The minimum absolute atomic E-state index is 0.118. The number of carbonyl (C=O) groups excluding carboxylic acids is 1. The lowest BCUT2D eigenvalue weighted by molar-refractivity contribution is 0.0520. The van der Waals surface area contributed by atoms with Gasteiger partial charge in [-0.2, -0.15) is 0 Å². The number of aliphatic hydroxyl groups is 1. The van der Waals surface area contributed by atoms with Crippen LogP contribution in [-0.2, 0) is 11.8 Å². The Morgan fingerprint density at radius 1 is 1.48 bits per heavy atom. The monoisotopic (exact) mass is 293 g/mol. The molecule has 0 bridgehead atoms. The molecule has 8 nitrogen and oxygen atoms in total. The molecule has 1 N–H and O–H groups in total. The van der Waals surface area contributed by atoms with Gasteiger partial charge >= 0.3 is 5.97 Å². The van der Waals surface area contributed by atoms with Gasteiger partial charge in [-0.1, -0.05) is 5.21 Å². The summed E-state index contributed by atoms with van der Waals surface area (Å²) < 4.78 is 8.29. The molecule has 0 amide bonds. The van der Waals surface area contributed by atoms with Crippen molar-refractivity contribution < 1.29 is 14.6 Å². The summed E-state index contributed by atoms with van der Waals surface area (Å²) >= 11 is 0. The Balaban J connectivity index is 2.58. The molecule has 0 aliphatic rings. The number of hydrogen-bond acceptors (Lipinski definition) is 6. The van der Waals surface area contributed by atoms with Crippen molar-refractivity contribution in [2.24, 2.45) is 7.05 Å². The number of aryl methyl sites for hydroxylation is 1. The van der Waals surface area contributed by atoms with Crippen LogP contribution in [0.2, 0.25) is 0 Å². The number of ether oxygens (including phenoxy) is 1. The van der Waals surface area contributed by atoms with Crippen LogP contribution in [0.25, 0.3) is 11.4 Å². The smallest absolute Gasteiger partial charge is 0.361 e. The van der Waals surface area contributed by atoms with E-state index in [1.165, 1.54) is 4.68 Å². The molecule has 0 spiro atoms. The zero-order valence-electron chi connectivity index (χ0n) is 12.5. The fourth-order valence-electron chi connectivity index (χ4n) is 1.94. The van der Waals surface area contributed by atoms with Gasteiger partial charge in [0.1, 0.15) is 5.69 Å². The molecule has 0 aliphatic heterocycles. The van der Waals surface area contributed by atoms with E-state index in [1.54, 1.807) is 37.9 Å². The number of aliphatic hydroxyl groups excluding tert-OH is 1. The molecule has 0 radical (unpaired) electrons. The minimum atomic E-state index is -0.645. The maximum absolute atomic E-state index is 12.0. The van der Waals surface area contributed by atoms with Crippen molar-refractivity contribution in [2.45, 2.75) is 32.9 Å². The van der Waals surface area contributed by atoms with Crippen LogP contribution in [0.3, 0.4) is 0 Å². The van der Waals surface area contributed by atoms with Gasteiger partial charge in [0.05, 0.1) is 37.0 Å². The van der Waals surface area contributed by atoms with Crippen LogP contribution in [0.15, 0.2) is 12.5 Å². The first-order chi connectivity index (χ1) is 9.97. The molecular weight excluding hydrogens is 274 g/mol. The average molecular weight is 293 g/mol. The highest BCUT2D eigenvalue weighted by Gasteiger charge is 2.27. The third kappa shape index (κ3) is 2.80. The second-order valence-electron chi connectivity index (χ2n) is 4.82. The predicted octanol–water partition coefficient (Wildman–Crippen LogP) is 0.797. The molecule has 8 heteroatoms. The topological polar surface area (TPSA) is 95.1 Å². The van der Waals surface area contributed by atoms with E-state index in [9.17, 15) is 9.90 Å². The summed E-state index contributed by atoms with van der Waals surface area (Å²) in [5.41, 5.74) is 1.28. The summed E-state index contributed by atoms with van der Waals surface area (Å²) in [4.78, 5) is 16.1. The third-order valence-electron chi connectivity index (χ3n) is 3.31. The van der Waals surface area contributed by atoms with E-state index in [-0.39, 0.29) is 18.3 Å². The lowest BCUT2D eigenvalue weighted by atomic mass is 10.2. The molecule has 0 fully saturated rings. The highest BCUT2D eigenvalue weighted by Crippen LogP contribution is 2.26. The van der Waals surface area contributed by atoms with Gasteiger partial charge in [0.25, 0.3) is 0 Å². The first kappa shape index (κ1) is 15.2. The molecule has 0 aliphatic carbocycles. The summed E-state index contributed by atoms with van der Waals surface area (Å²) in [7, 11) is 1.81. The van der Waals surface area contributed by atoms with Crippen molar-refractivity contribution in [1.29, 1.82) is 0 Å². The van der Waals surface area contributed by atoms with Gasteiger partial charge in [-0.25, -0.2) is 14.5 Å². The molecular formula is C13H19N5O3. The van der Waals surface area contributed by atoms with E-state index in [2.05, 4.69) is 15.3 Å². The van der Waals surface area contributed by atoms with Crippen LogP contribution in [0, 0.1) is 0 Å². The maximum Gasteiger partial charge on any atom is 0.361 e. The van der Waals surface area contributed by atoms with Gasteiger partial charge in [-0.3, -0.25) is 0 Å². The standard InChI is InChI=1S/C13H19N5O3/c1-5-21-13(20)11-12(10-6-14-7-17(10)4)18(16-15-11)8(2)9(3)19/h6-9,19H,5H2,1-4H3. The molecule has 0 saturated heterocycles. The molecule has 114 valence electrons. The summed E-state index contributed by atoms with van der Waals surface area (Å²) in [6.07, 6.45) is 2.59. The molecule has 2 aromatic rings. The number of rotatable bonds is 5. The Kier molecular flexibility index (Phi) is 4.37. The number of imidazole rings is 1. The van der Waals surface area contributed by atoms with Crippen molar-refractivity contribution in [2.75, 3.05) is 6.61 Å². The van der Waals surface area contributed by atoms with Crippen molar-refractivity contribution in [3.8, 4) is 11.4 Å². The molecule has 0 aromatic carbocycles. The van der Waals surface area contributed by atoms with E-state index < -0.39 is 12.1 Å². The summed E-state index contributed by atoms with van der Waals surface area (Å²) in [5, 5.41) is 17.7. The predicted molar refractivity (Wildman–Crippen MR) is 74.6 cm³/mol. The normalized spacial score (nSPS) is 14.0. The van der Waals surface area contributed by atoms with Gasteiger partial charge in [-0.15, -0.1) is 5.10 Å². The van der Waals surface area contributed by atoms with Crippen LogP contribution < -0.4 is 0 Å². The van der Waals surface area contributed by atoms with Gasteiger partial charge in [0, 0.05) is 7.05 Å². The Hall–Kier alpha value is -2.22. The summed E-state index contributed by atoms with van der Waals surface area (Å²) in [5.74, 6) is -0.544. The molecule has 0 saturated carbocycles. The Morgan fingerprint density at radius 3 is 2.71 bits per heavy atom. The highest BCUT2D eigenvalue weighted by molar-refractivity contribution is 5.93. The zero-order chi connectivity index (χ0) is 15.6. The minimum Gasteiger partial charge on any atom is -0.461 e. The van der Waals surface area contributed by atoms with E-state index in [0.29, 0.717) is 11.4 Å². The molecule has 2 heterocycles. The molecule has 2 atom stereocenters. The first-order valence-corrected chi connectivity index (χ1v) is 6.74. The van der Waals surface area contributed by atoms with Crippen molar-refractivity contribution in [3.63, 3.8) is 0 Å². The Morgan fingerprint density at radius 2 is 2.19 bits per heavy atom. The van der Waals surface area contributed by atoms with E-state index in [0.717, 1.165) is 0 Å². The quantitative estimate of drug-likeness (QED) is 0.819. The summed E-state index contributed by atoms with van der Waals surface area (Å²) in [6.45, 7) is 5.44. The molecule has 2 unspecified atom stereocenters. The van der Waals surface area contributed by atoms with Gasteiger partial charge in [0.15, 0.2) is 5.69 Å². The lowest BCUT2D eigenvalue weighted by Crippen LogP contribution is -2.21. The fraction of sp³-hybridized carbons (Fsp3) is 0.538. The Labute approximate surface area is 122 Å². The van der Waals surface area contributed by atoms with E-state index >= 15 is 0 Å². The van der Waals surface area contributed by atoms with Crippen LogP contribution in [-0.4, -0.2) is 48.3 Å². The van der Waals surface area contributed by atoms with Crippen LogP contribution >= 0.6 is 0 Å². The van der Waals surface area contributed by atoms with Crippen LogP contribution in [0.5, 0.6) is 0 Å². The van der Waals surface area contributed by atoms with Gasteiger partial charge < -0.3 is 14.4 Å². The van der Waals surface area contributed by atoms with Crippen LogP contribution in [0.4, 0.5) is 0 Å².